The molecule has 5 saturated heterocycles. The van der Waals surface area contributed by atoms with Gasteiger partial charge in [0.2, 0.25) is 0 Å². The van der Waals surface area contributed by atoms with Crippen LogP contribution < -0.4 is 0 Å². The number of cyclic esters (lactones) is 1. The van der Waals surface area contributed by atoms with E-state index >= 15 is 0 Å². The van der Waals surface area contributed by atoms with Crippen LogP contribution in [0.1, 0.15) is 411 Å². The Bertz CT molecular complexity index is 4520. The van der Waals surface area contributed by atoms with Crippen LogP contribution in [0.4, 0.5) is 0 Å². The molecule has 15 aliphatic carbocycles. The summed E-state index contributed by atoms with van der Waals surface area (Å²) in [6.07, 6.45) is 24.8. The predicted molar refractivity (Wildman–Crippen MR) is 542 cm³/mol. The quantitative estimate of drug-likeness (QED) is 0.0605. The molecule has 20 fully saturated rings. The van der Waals surface area contributed by atoms with Gasteiger partial charge in [-0.25, -0.2) is 0 Å². The first-order valence-corrected chi connectivity index (χ1v) is 51.6. The van der Waals surface area contributed by atoms with Gasteiger partial charge < -0.3 is 66.3 Å². The monoisotopic (exact) mass is 2020 g/mol. The Morgan fingerprint density at radius 2 is 0.636 bits per heavy atom. The van der Waals surface area contributed by atoms with Gasteiger partial charge in [0.05, 0.1) is 86.4 Å². The van der Waals surface area contributed by atoms with E-state index in [1.807, 2.05) is 118 Å². The van der Waals surface area contributed by atoms with Crippen molar-refractivity contribution >= 4 is 83.6 Å². The number of fused-ring (bicyclic) bond motifs is 9. The van der Waals surface area contributed by atoms with Crippen LogP contribution >= 0.6 is 0 Å². The summed E-state index contributed by atoms with van der Waals surface area (Å²) in [5.41, 5.74) is -4.84. The fourth-order valence-electron chi connectivity index (χ4n) is 28.1. The molecule has 28 heteroatoms. The van der Waals surface area contributed by atoms with Gasteiger partial charge in [0.25, 0.3) is 0 Å². The Balaban J connectivity index is 0.000000270. The predicted octanol–water partition coefficient (Wildman–Crippen LogP) is 22.5. The van der Waals surface area contributed by atoms with E-state index in [-0.39, 0.29) is 228 Å². The average molecular weight is 2020 g/mol. The molecule has 0 aromatic heterocycles. The van der Waals surface area contributed by atoms with E-state index in [1.54, 1.807) is 0 Å². The summed E-state index contributed by atoms with van der Waals surface area (Å²) in [6, 6.07) is 0. The number of ether oxygens (including phenoxy) is 14. The largest absolute Gasteiger partial charge is 0.465 e. The van der Waals surface area contributed by atoms with E-state index in [0.29, 0.717) is 75.7 Å². The van der Waals surface area contributed by atoms with Crippen molar-refractivity contribution in [1.82, 2.24) is 0 Å². The number of hydrogen-bond donors (Lipinski definition) is 0. The van der Waals surface area contributed by atoms with Crippen molar-refractivity contribution in [2.24, 2.45) is 151 Å². The Morgan fingerprint density at radius 3 is 0.916 bits per heavy atom. The van der Waals surface area contributed by atoms with E-state index < -0.39 is 140 Å². The van der Waals surface area contributed by atoms with E-state index in [4.69, 9.17) is 66.3 Å². The zero-order chi connectivity index (χ0) is 96.1. The first-order chi connectivity index (χ1) is 62.7. The van der Waals surface area contributed by atoms with E-state index in [9.17, 15) is 67.1 Å². The third-order valence-electron chi connectivity index (χ3n) is 38.4. The molecule has 0 N–H and O–H groups in total. The first-order valence-electron chi connectivity index (χ1n) is 51.6. The molecule has 31 unspecified atom stereocenters. The SMILES string of the molecule is C.C.C.C.C.C.C.C.C.C.CCC(C)(C)C(=O)OC1C2CC3C1OC(=O)C3C2C(=O)OC1(C)CCCC1.CCC(C)(C)C(=O)OC1C2CC3C1OC(=O)C3C2C(=O)OC1(C)CCCCC1.CCC(C)(C)C(=O)OC1C2CC3C1OC(=O)C3C2C(=O)OC1(CC)CC2CCC1C2.CCC(C)(C)C(=O)OC1CC2CC1C1(CCOC1=O)C2.CCC1(OC(=O)C2C3CC4C(OC(=O)C42)C3OC(=O)C(C)(C)CC)CCCC1. The highest BCUT2D eigenvalue weighted by atomic mass is 16.6. The molecule has 0 amide bonds. The summed E-state index contributed by atoms with van der Waals surface area (Å²) >= 11 is 0. The molecule has 20 rings (SSSR count). The van der Waals surface area contributed by atoms with Gasteiger partial charge in [-0.2, -0.15) is 0 Å². The molecular formula is C115H192O28. The lowest BCUT2D eigenvalue weighted by Crippen LogP contribution is -2.48. The van der Waals surface area contributed by atoms with Crippen LogP contribution in [0.2, 0.25) is 0 Å². The summed E-state index contributed by atoms with van der Waals surface area (Å²) in [6.45, 7) is 37.1. The highest BCUT2D eigenvalue weighted by molar-refractivity contribution is 5.90. The molecule has 28 nitrogen and oxygen atoms in total. The summed E-state index contributed by atoms with van der Waals surface area (Å²) in [5.74, 6) is -6.94. The van der Waals surface area contributed by atoms with Gasteiger partial charge in [0.1, 0.15) is 77.3 Å². The van der Waals surface area contributed by atoms with Crippen LogP contribution in [-0.4, -0.2) is 168 Å². The average Bonchev–Trinajstić information content (AvgIpc) is 1.43. The van der Waals surface area contributed by atoms with Gasteiger partial charge in [-0.05, 0) is 300 Å². The molecule has 143 heavy (non-hydrogen) atoms. The molecule has 15 saturated carbocycles. The van der Waals surface area contributed by atoms with Crippen LogP contribution in [0.3, 0.4) is 0 Å². The standard InChI is InChI=1S/C24H34O6.2C22H32O6.C21H30O6.C16H24O4.10CH4/c1-5-23(3,4)22(27)29-19-15-10-14-16(20(25)28-18(14)19)17(15)21(26)30-24(6-2)11-12-7-8-13(24)9-12;1-5-21(2,3)20(25)27-17-13-11-12-14(18(23)26-16(12)17)15(13)19(24)28-22(4)9-7-6-8-10-22;1-5-21(3,4)20(25)27-17-13-11-12-14(18(23)26-16(12)17)15(13)19(24)28-22(6-2)9-7-8-10-22;1-5-20(2,3)19(24)26-16-12-10-11-13(17(22)25-15(11)16)14(12)18(23)27-21(4)8-6-7-9-21;1-4-15(2,3)13(17)20-12-8-10-7-11(12)16(9-10)5-6-19-14(16)18;;;;;;;;;;/h12-19H,5-11H2,1-4H3;2*12-17H,5-11H2,1-4H3;11-16H,5-10H2,1-4H3;10-12H,4-9H2,1-3H3;10*1H4. The van der Waals surface area contributed by atoms with Crippen molar-refractivity contribution in [3.8, 4) is 0 Å². The van der Waals surface area contributed by atoms with Gasteiger partial charge >= 0.3 is 83.6 Å². The number of esters is 14. The molecule has 5 aliphatic heterocycles. The number of carbonyl (C=O) groups is 14. The Labute approximate surface area is 858 Å². The highest BCUT2D eigenvalue weighted by Crippen LogP contribution is 2.67. The van der Waals surface area contributed by atoms with Crippen molar-refractivity contribution in [3.63, 3.8) is 0 Å². The van der Waals surface area contributed by atoms with Gasteiger partial charge in [0, 0.05) is 53.3 Å². The third kappa shape index (κ3) is 22.0. The van der Waals surface area contributed by atoms with E-state index in [1.165, 1.54) is 12.8 Å². The van der Waals surface area contributed by atoms with E-state index in [0.717, 1.165) is 141 Å². The Hall–Kier alpha value is -7.42. The van der Waals surface area contributed by atoms with Crippen LogP contribution in [0.5, 0.6) is 0 Å². The molecule has 0 aromatic rings. The number of rotatable bonds is 25. The zero-order valence-corrected chi connectivity index (χ0v) is 82.5. The van der Waals surface area contributed by atoms with Crippen molar-refractivity contribution in [3.05, 3.63) is 0 Å². The van der Waals surface area contributed by atoms with Crippen molar-refractivity contribution in [1.29, 1.82) is 0 Å². The van der Waals surface area contributed by atoms with Crippen LogP contribution in [-0.2, 0) is 133 Å². The topological polar surface area (TPSA) is 368 Å². The van der Waals surface area contributed by atoms with Gasteiger partial charge in [-0.1, -0.05) is 129 Å². The molecule has 12 bridgehead atoms. The van der Waals surface area contributed by atoms with Crippen molar-refractivity contribution in [2.75, 3.05) is 6.61 Å². The molecule has 31 atom stereocenters. The molecule has 1 spiro atoms. The van der Waals surface area contributed by atoms with Gasteiger partial charge in [-0.3, -0.25) is 67.1 Å². The maximum absolute atomic E-state index is 13.5. The lowest BCUT2D eigenvalue weighted by molar-refractivity contribution is -0.182. The Kier molecular flexibility index (Phi) is 39.9. The second-order valence-corrected chi connectivity index (χ2v) is 48.0. The molecule has 0 radical (unpaired) electrons. The molecular weight excluding hydrogens is 1830 g/mol. The molecule has 0 aromatic carbocycles. The second-order valence-electron chi connectivity index (χ2n) is 48.0. The first kappa shape index (κ1) is 124. The van der Waals surface area contributed by atoms with Crippen LogP contribution in [0, 0.1) is 151 Å². The van der Waals surface area contributed by atoms with Gasteiger partial charge in [-0.15, -0.1) is 0 Å². The third-order valence-corrected chi connectivity index (χ3v) is 38.4. The number of carbonyl (C=O) groups excluding carboxylic acids is 14. The summed E-state index contributed by atoms with van der Waals surface area (Å²) in [7, 11) is 0. The molecule has 820 valence electrons. The molecule has 20 aliphatic rings. The van der Waals surface area contributed by atoms with E-state index in [2.05, 4.69) is 13.8 Å². The maximum atomic E-state index is 13.5. The summed E-state index contributed by atoms with van der Waals surface area (Å²) < 4.78 is 80.9. The summed E-state index contributed by atoms with van der Waals surface area (Å²) in [5, 5.41) is 0. The van der Waals surface area contributed by atoms with Gasteiger partial charge in [0.15, 0.2) is 0 Å². The lowest BCUT2D eigenvalue weighted by atomic mass is 9.71. The van der Waals surface area contributed by atoms with Crippen LogP contribution in [0.25, 0.3) is 0 Å². The fraction of sp³-hybridized carbons (Fsp3) is 0.878. The second kappa shape index (κ2) is 46.0. The normalized spacial score (nSPS) is 37.3. The summed E-state index contributed by atoms with van der Waals surface area (Å²) in [4.78, 5) is 178. The van der Waals surface area contributed by atoms with Crippen molar-refractivity contribution < 1.29 is 133 Å². The van der Waals surface area contributed by atoms with Crippen molar-refractivity contribution in [2.45, 2.75) is 489 Å². The highest BCUT2D eigenvalue weighted by Gasteiger charge is 2.76. The zero-order valence-electron chi connectivity index (χ0n) is 82.5. The fourth-order valence-corrected chi connectivity index (χ4v) is 28.1. The minimum Gasteiger partial charge on any atom is -0.465 e. The maximum Gasteiger partial charge on any atom is 0.312 e. The smallest absolute Gasteiger partial charge is 0.312 e. The number of hydrogen-bond acceptors (Lipinski definition) is 28. The van der Waals surface area contributed by atoms with Crippen LogP contribution in [0.15, 0.2) is 0 Å². The molecule has 5 heterocycles. The Morgan fingerprint density at radius 1 is 0.329 bits per heavy atom. The lowest BCUT2D eigenvalue weighted by Gasteiger charge is -2.39. The minimum absolute atomic E-state index is 0. The minimum atomic E-state index is -0.602.